The third kappa shape index (κ3) is 10.3. The number of aliphatic hydroxyl groups is 2. The molecule has 0 bridgehead atoms. The number of nitrogens with one attached hydrogen (secondary N) is 1. The van der Waals surface area contributed by atoms with Crippen molar-refractivity contribution in [2.75, 3.05) is 0 Å². The minimum absolute atomic E-state index is 0. The molecule has 0 fully saturated rings. The molecule has 1 aromatic heterocycles. The second-order valence-corrected chi connectivity index (χ2v) is 11.7. The molecule has 0 radical (unpaired) electrons. The van der Waals surface area contributed by atoms with Crippen LogP contribution in [0.4, 0.5) is 8.78 Å². The third-order valence-electron chi connectivity index (χ3n) is 7.18. The van der Waals surface area contributed by atoms with Crippen LogP contribution in [0.5, 0.6) is 0 Å². The van der Waals surface area contributed by atoms with Crippen molar-refractivity contribution in [2.45, 2.75) is 56.4 Å². The van der Waals surface area contributed by atoms with Crippen LogP contribution in [0.3, 0.4) is 0 Å². The number of nitrogens with zero attached hydrogens (tertiary/aromatic N) is 1. The maximum absolute atomic E-state index is 14.2. The van der Waals surface area contributed by atoms with Crippen molar-refractivity contribution in [3.05, 3.63) is 107 Å². The Morgan fingerprint density at radius 3 is 2.04 bits per heavy atom. The molecule has 0 saturated carbocycles. The number of aliphatic carboxylic acids is 1. The number of benzene rings is 3. The van der Waals surface area contributed by atoms with Gasteiger partial charge in [-0.25, -0.2) is 8.78 Å². The van der Waals surface area contributed by atoms with Crippen LogP contribution in [0.15, 0.2) is 83.8 Å². The molecule has 10 nitrogen and oxygen atoms in total. The van der Waals surface area contributed by atoms with Crippen molar-refractivity contribution < 1.29 is 72.6 Å². The minimum atomic E-state index is -1.45. The molecule has 1 amide bonds. The zero-order valence-electron chi connectivity index (χ0n) is 26.6. The SMILES string of the molecule is CC(C)n1c(/C=C/[C@@H](O)C[C@@H](O)CC(=O)[O-])c(-c2ccc(F)cc2)c(-c2ccc(F)cc2)c1C(=O)NCc1ccc(SOON)cc1.[Na+]. The molecule has 2 atom stereocenters. The number of carboxylic acid groups (broad SMARTS) is 1. The molecular weight excluding hydrogens is 655 g/mol. The molecule has 14 heteroatoms. The first-order chi connectivity index (χ1) is 22.5. The van der Waals surface area contributed by atoms with Crippen LogP contribution in [0.2, 0.25) is 0 Å². The van der Waals surface area contributed by atoms with Crippen LogP contribution >= 0.6 is 12.0 Å². The summed E-state index contributed by atoms with van der Waals surface area (Å²) >= 11 is 0.916. The van der Waals surface area contributed by atoms with E-state index in [0.29, 0.717) is 32.8 Å². The summed E-state index contributed by atoms with van der Waals surface area (Å²) in [5.41, 5.74) is 3.49. The first-order valence-electron chi connectivity index (χ1n) is 14.6. The molecule has 3 aromatic carbocycles. The Labute approximate surface area is 302 Å². The monoisotopic (exact) mass is 689 g/mol. The Balaban J connectivity index is 0.00000625. The fourth-order valence-corrected chi connectivity index (χ4v) is 5.53. The summed E-state index contributed by atoms with van der Waals surface area (Å²) in [5, 5.41) is 34.6. The first kappa shape index (κ1) is 39.1. The van der Waals surface area contributed by atoms with Crippen molar-refractivity contribution in [2.24, 2.45) is 5.90 Å². The number of carbonyl (C=O) groups excluding carboxylic acids is 2. The van der Waals surface area contributed by atoms with E-state index in [4.69, 9.17) is 5.90 Å². The Morgan fingerprint density at radius 1 is 0.958 bits per heavy atom. The number of hydrogen-bond donors (Lipinski definition) is 4. The van der Waals surface area contributed by atoms with Gasteiger partial charge in [-0.1, -0.05) is 42.5 Å². The van der Waals surface area contributed by atoms with E-state index in [-0.39, 0.29) is 54.3 Å². The van der Waals surface area contributed by atoms with Crippen molar-refractivity contribution in [1.82, 2.24) is 9.88 Å². The molecule has 0 spiro atoms. The standard InChI is InChI=1S/C34H35F2N3O7S.Na/c1-20(2)39-29(16-13-26(40)17-27(41)18-30(42)43)31(22-5-9-24(35)10-6-22)32(23-7-11-25(36)12-8-23)33(39)34(44)38-19-21-3-14-28(15-4-21)47-46-45-37;/h3-16,20,26-27,40-41H,17-19,37H2,1-2H3,(H,38,44)(H,42,43);/q;+1/p-1/b16-13+;/t26-,27-;/m1./s1. The Hall–Kier alpha value is -3.37. The quantitative estimate of drug-likeness (QED) is 0.0631. The number of carbonyl (C=O) groups is 2. The van der Waals surface area contributed by atoms with Crippen LogP contribution in [-0.4, -0.2) is 38.9 Å². The van der Waals surface area contributed by atoms with Gasteiger partial charge >= 0.3 is 29.6 Å². The van der Waals surface area contributed by atoms with Crippen LogP contribution < -0.4 is 45.9 Å². The van der Waals surface area contributed by atoms with Crippen LogP contribution in [0, 0.1) is 11.6 Å². The molecule has 4 rings (SSSR count). The summed E-state index contributed by atoms with van der Waals surface area (Å²) in [5.74, 6) is 2.03. The maximum atomic E-state index is 14.2. The Bertz CT molecular complexity index is 1700. The largest absolute Gasteiger partial charge is 1.00 e. The summed E-state index contributed by atoms with van der Waals surface area (Å²) in [4.78, 5) is 29.9. The number of halogens is 2. The van der Waals surface area contributed by atoms with Gasteiger partial charge in [0.25, 0.3) is 5.91 Å². The Kier molecular flexibility index (Phi) is 15.0. The van der Waals surface area contributed by atoms with Gasteiger partial charge in [-0.15, -0.1) is 9.32 Å². The van der Waals surface area contributed by atoms with Crippen LogP contribution in [0.1, 0.15) is 54.5 Å². The van der Waals surface area contributed by atoms with Crippen molar-refractivity contribution in [3.63, 3.8) is 0 Å². The number of amides is 1. The molecule has 248 valence electrons. The van der Waals surface area contributed by atoms with Gasteiger partial charge in [-0.3, -0.25) is 4.79 Å². The molecule has 0 aliphatic carbocycles. The molecular formula is C34H34F2N3NaO7S. The maximum Gasteiger partial charge on any atom is 1.00 e. The van der Waals surface area contributed by atoms with E-state index in [2.05, 4.69) is 14.6 Å². The number of nitrogens with two attached hydrogens (primary N) is 1. The molecule has 0 saturated heterocycles. The van der Waals surface area contributed by atoms with E-state index < -0.39 is 42.1 Å². The van der Waals surface area contributed by atoms with Crippen LogP contribution in [0.25, 0.3) is 28.3 Å². The summed E-state index contributed by atoms with van der Waals surface area (Å²) in [6, 6.07) is 18.1. The molecule has 4 aromatic rings. The fourth-order valence-electron chi connectivity index (χ4n) is 5.16. The van der Waals surface area contributed by atoms with E-state index in [9.17, 15) is 33.7 Å². The molecule has 48 heavy (non-hydrogen) atoms. The van der Waals surface area contributed by atoms with Crippen LogP contribution in [-0.2, 0) is 20.7 Å². The van der Waals surface area contributed by atoms with E-state index >= 15 is 0 Å². The second-order valence-electron chi connectivity index (χ2n) is 10.9. The topological polar surface area (TPSA) is 159 Å². The van der Waals surface area contributed by atoms with E-state index in [1.807, 2.05) is 13.8 Å². The average molecular weight is 690 g/mol. The van der Waals surface area contributed by atoms with Crippen molar-refractivity contribution in [3.8, 4) is 22.3 Å². The minimum Gasteiger partial charge on any atom is -0.550 e. The van der Waals surface area contributed by atoms with Gasteiger partial charge in [-0.05, 0) is 73.0 Å². The van der Waals surface area contributed by atoms with Crippen molar-refractivity contribution in [1.29, 1.82) is 0 Å². The van der Waals surface area contributed by atoms with Gasteiger partial charge in [0.05, 0.1) is 24.3 Å². The fraction of sp³-hybridized carbons (Fsp3) is 0.235. The van der Waals surface area contributed by atoms with Gasteiger partial charge in [0.15, 0.2) is 0 Å². The predicted molar refractivity (Wildman–Crippen MR) is 171 cm³/mol. The van der Waals surface area contributed by atoms with E-state index in [1.54, 1.807) is 59.2 Å². The Morgan fingerprint density at radius 2 is 1.52 bits per heavy atom. The van der Waals surface area contributed by atoms with Gasteiger partial charge in [0.1, 0.15) is 17.3 Å². The first-order valence-corrected chi connectivity index (χ1v) is 15.3. The zero-order chi connectivity index (χ0) is 34.1. The average Bonchev–Trinajstić information content (AvgIpc) is 3.38. The van der Waals surface area contributed by atoms with Gasteiger partial charge in [0, 0.05) is 53.1 Å². The number of rotatable bonds is 15. The number of carboxylic acids is 1. The molecule has 0 aliphatic rings. The second kappa shape index (κ2) is 18.4. The molecule has 5 N–H and O–H groups in total. The molecule has 0 unspecified atom stereocenters. The van der Waals surface area contributed by atoms with Gasteiger partial charge in [0.2, 0.25) is 0 Å². The number of aliphatic hydroxyl groups excluding tert-OH is 2. The number of aromatic nitrogens is 1. The van der Waals surface area contributed by atoms with Crippen molar-refractivity contribution >= 4 is 30.0 Å². The normalized spacial score (nSPS) is 12.6. The van der Waals surface area contributed by atoms with Gasteiger partial charge in [-0.2, -0.15) is 5.90 Å². The third-order valence-corrected chi connectivity index (χ3v) is 7.79. The van der Waals surface area contributed by atoms with Gasteiger partial charge < -0.3 is 30.0 Å². The predicted octanol–water partition coefficient (Wildman–Crippen LogP) is 1.71. The summed E-state index contributed by atoms with van der Waals surface area (Å²) in [6.07, 6.45) is -0.574. The number of hydrogen-bond acceptors (Lipinski definition) is 9. The summed E-state index contributed by atoms with van der Waals surface area (Å²) < 4.78 is 34.6. The van der Waals surface area contributed by atoms with E-state index in [0.717, 1.165) is 17.6 Å². The molecule has 1 heterocycles. The summed E-state index contributed by atoms with van der Waals surface area (Å²) in [6.45, 7) is 3.87. The van der Waals surface area contributed by atoms with E-state index in [1.165, 1.54) is 30.3 Å². The smallest absolute Gasteiger partial charge is 0.550 e. The zero-order valence-corrected chi connectivity index (χ0v) is 29.4. The summed E-state index contributed by atoms with van der Waals surface area (Å²) in [7, 11) is 0. The molecule has 0 aliphatic heterocycles.